The smallest absolute Gasteiger partial charge is 0.126 e. The Labute approximate surface area is 139 Å². The molecule has 0 heterocycles. The molecule has 21 heavy (non-hydrogen) atoms. The minimum atomic E-state index is -0.242. The van der Waals surface area contributed by atoms with Gasteiger partial charge in [0.05, 0.1) is 10.0 Å². The fraction of sp³-hybridized carbons (Fsp3) is 0.250. The first-order chi connectivity index (χ1) is 9.99. The largest absolute Gasteiger partial charge is 0.316 e. The molecule has 0 aliphatic carbocycles. The minimum Gasteiger partial charge on any atom is -0.316 e. The van der Waals surface area contributed by atoms with Gasteiger partial charge in [-0.2, -0.15) is 0 Å². The summed E-state index contributed by atoms with van der Waals surface area (Å²) < 4.78 is 13.8. The lowest BCUT2D eigenvalue weighted by Gasteiger charge is -2.17. The highest BCUT2D eigenvalue weighted by Gasteiger charge is 2.13. The van der Waals surface area contributed by atoms with Crippen LogP contribution >= 0.6 is 34.8 Å². The molecule has 5 heteroatoms. The Morgan fingerprint density at radius 1 is 1.00 bits per heavy atom. The molecule has 1 nitrogen and oxygen atoms in total. The number of likely N-dealkylation sites (N-methyl/N-ethyl adjacent to an activating group) is 1. The zero-order chi connectivity index (χ0) is 15.4. The van der Waals surface area contributed by atoms with Gasteiger partial charge in [-0.25, -0.2) is 4.39 Å². The highest BCUT2D eigenvalue weighted by Crippen LogP contribution is 2.24. The number of halogens is 4. The van der Waals surface area contributed by atoms with Gasteiger partial charge in [0, 0.05) is 11.1 Å². The van der Waals surface area contributed by atoms with Crippen LogP contribution < -0.4 is 5.32 Å². The average molecular weight is 347 g/mol. The van der Waals surface area contributed by atoms with Crippen molar-refractivity contribution in [1.82, 2.24) is 5.32 Å². The SMILES string of the molecule is CNC(Cc1ccc(Cl)c(Cl)c1)Cc1cc(Cl)ccc1F. The van der Waals surface area contributed by atoms with Crippen molar-refractivity contribution in [2.24, 2.45) is 0 Å². The summed E-state index contributed by atoms with van der Waals surface area (Å²) in [5.41, 5.74) is 1.65. The predicted octanol–water partition coefficient (Wildman–Crippen LogP) is 5.16. The fourth-order valence-electron chi connectivity index (χ4n) is 2.19. The van der Waals surface area contributed by atoms with E-state index < -0.39 is 0 Å². The molecule has 0 saturated carbocycles. The maximum Gasteiger partial charge on any atom is 0.126 e. The molecule has 0 radical (unpaired) electrons. The van der Waals surface area contributed by atoms with Gasteiger partial charge in [0.2, 0.25) is 0 Å². The molecule has 112 valence electrons. The Balaban J connectivity index is 2.12. The van der Waals surface area contributed by atoms with Crippen molar-refractivity contribution >= 4 is 34.8 Å². The molecule has 0 bridgehead atoms. The number of rotatable bonds is 5. The molecule has 1 atom stereocenters. The van der Waals surface area contributed by atoms with Gasteiger partial charge in [0.15, 0.2) is 0 Å². The summed E-state index contributed by atoms with van der Waals surface area (Å²) in [7, 11) is 1.85. The zero-order valence-corrected chi connectivity index (χ0v) is 13.7. The van der Waals surface area contributed by atoms with Crippen LogP contribution in [-0.4, -0.2) is 13.1 Å². The fourth-order valence-corrected chi connectivity index (χ4v) is 2.71. The Morgan fingerprint density at radius 3 is 2.43 bits per heavy atom. The Kier molecular flexibility index (Phi) is 5.88. The Hall–Kier alpha value is -0.800. The van der Waals surface area contributed by atoms with Gasteiger partial charge in [0.25, 0.3) is 0 Å². The standard InChI is InChI=1S/C16H15Cl3FN/c1-21-13(6-10-2-4-14(18)15(19)7-10)9-11-8-12(17)3-5-16(11)20/h2-5,7-8,13,21H,6,9H2,1H3. The third-order valence-electron chi connectivity index (χ3n) is 3.35. The van der Waals surface area contributed by atoms with Crippen LogP contribution in [0.25, 0.3) is 0 Å². The Morgan fingerprint density at radius 2 is 1.76 bits per heavy atom. The van der Waals surface area contributed by atoms with Crippen LogP contribution in [0.2, 0.25) is 15.1 Å². The van der Waals surface area contributed by atoms with Crippen LogP contribution in [0.15, 0.2) is 36.4 Å². The van der Waals surface area contributed by atoms with E-state index in [1.54, 1.807) is 18.2 Å². The van der Waals surface area contributed by atoms with E-state index in [2.05, 4.69) is 5.32 Å². The van der Waals surface area contributed by atoms with Gasteiger partial charge in [-0.3, -0.25) is 0 Å². The maximum absolute atomic E-state index is 13.8. The summed E-state index contributed by atoms with van der Waals surface area (Å²) in [5.74, 6) is -0.242. The summed E-state index contributed by atoms with van der Waals surface area (Å²) in [6, 6.07) is 10.2. The molecular formula is C16H15Cl3FN. The van der Waals surface area contributed by atoms with Crippen molar-refractivity contribution in [2.45, 2.75) is 18.9 Å². The van der Waals surface area contributed by atoms with Gasteiger partial charge in [0.1, 0.15) is 5.82 Å². The van der Waals surface area contributed by atoms with Crippen LogP contribution in [0.3, 0.4) is 0 Å². The summed E-state index contributed by atoms with van der Waals surface area (Å²) in [5, 5.41) is 4.79. The number of hydrogen-bond acceptors (Lipinski definition) is 1. The molecule has 0 amide bonds. The lowest BCUT2D eigenvalue weighted by molar-refractivity contribution is 0.532. The number of hydrogen-bond donors (Lipinski definition) is 1. The quantitative estimate of drug-likeness (QED) is 0.788. The highest BCUT2D eigenvalue weighted by atomic mass is 35.5. The molecule has 0 aliphatic heterocycles. The van der Waals surface area contributed by atoms with Gasteiger partial charge in [-0.1, -0.05) is 40.9 Å². The third-order valence-corrected chi connectivity index (χ3v) is 4.32. The van der Waals surface area contributed by atoms with Crippen molar-refractivity contribution < 1.29 is 4.39 Å². The van der Waals surface area contributed by atoms with Crippen molar-refractivity contribution in [3.05, 3.63) is 68.4 Å². The van der Waals surface area contributed by atoms with Crippen LogP contribution in [-0.2, 0) is 12.8 Å². The number of benzene rings is 2. The van der Waals surface area contributed by atoms with Crippen LogP contribution in [0, 0.1) is 5.82 Å². The van der Waals surface area contributed by atoms with E-state index in [1.807, 2.05) is 19.2 Å². The van der Waals surface area contributed by atoms with Crippen molar-refractivity contribution in [3.63, 3.8) is 0 Å². The average Bonchev–Trinajstić information content (AvgIpc) is 2.46. The van der Waals surface area contributed by atoms with Crippen molar-refractivity contribution in [3.8, 4) is 0 Å². The predicted molar refractivity (Wildman–Crippen MR) is 88.1 cm³/mol. The molecule has 0 saturated heterocycles. The van der Waals surface area contributed by atoms with Gasteiger partial charge in [-0.15, -0.1) is 0 Å². The van der Waals surface area contributed by atoms with E-state index in [-0.39, 0.29) is 11.9 Å². The number of nitrogens with one attached hydrogen (secondary N) is 1. The van der Waals surface area contributed by atoms with Gasteiger partial charge in [-0.05, 0) is 61.3 Å². The van der Waals surface area contributed by atoms with E-state index in [0.717, 1.165) is 12.0 Å². The molecule has 0 spiro atoms. The molecule has 0 aliphatic rings. The third kappa shape index (κ3) is 4.58. The highest BCUT2D eigenvalue weighted by molar-refractivity contribution is 6.42. The zero-order valence-electron chi connectivity index (χ0n) is 11.5. The second kappa shape index (κ2) is 7.46. The lowest BCUT2D eigenvalue weighted by Crippen LogP contribution is -2.30. The normalized spacial score (nSPS) is 12.4. The molecule has 1 N–H and O–H groups in total. The van der Waals surface area contributed by atoms with Crippen LogP contribution in [0.1, 0.15) is 11.1 Å². The summed E-state index contributed by atoms with van der Waals surface area (Å²) in [6.45, 7) is 0. The molecule has 0 fully saturated rings. The van der Waals surface area contributed by atoms with Crippen LogP contribution in [0.4, 0.5) is 4.39 Å². The molecule has 2 aromatic carbocycles. The second-order valence-electron chi connectivity index (χ2n) is 4.88. The first kappa shape index (κ1) is 16.6. The van der Waals surface area contributed by atoms with Gasteiger partial charge >= 0.3 is 0 Å². The minimum absolute atomic E-state index is 0.0789. The van der Waals surface area contributed by atoms with E-state index in [4.69, 9.17) is 34.8 Å². The molecule has 1 unspecified atom stereocenters. The summed E-state index contributed by atoms with van der Waals surface area (Å²) in [6.07, 6.45) is 1.27. The second-order valence-corrected chi connectivity index (χ2v) is 6.13. The molecule has 0 aromatic heterocycles. The van der Waals surface area contributed by atoms with E-state index >= 15 is 0 Å². The monoisotopic (exact) mass is 345 g/mol. The van der Waals surface area contributed by atoms with Crippen LogP contribution in [0.5, 0.6) is 0 Å². The van der Waals surface area contributed by atoms with E-state index in [1.165, 1.54) is 6.07 Å². The Bertz CT molecular complexity index is 631. The molecule has 2 aromatic rings. The van der Waals surface area contributed by atoms with Crippen molar-refractivity contribution in [2.75, 3.05) is 7.05 Å². The summed E-state index contributed by atoms with van der Waals surface area (Å²) >= 11 is 17.8. The first-order valence-electron chi connectivity index (χ1n) is 6.54. The van der Waals surface area contributed by atoms with Crippen molar-refractivity contribution in [1.29, 1.82) is 0 Å². The topological polar surface area (TPSA) is 12.0 Å². The van der Waals surface area contributed by atoms with E-state index in [0.29, 0.717) is 27.1 Å². The lowest BCUT2D eigenvalue weighted by atomic mass is 9.99. The van der Waals surface area contributed by atoms with E-state index in [9.17, 15) is 4.39 Å². The summed E-state index contributed by atoms with van der Waals surface area (Å²) in [4.78, 5) is 0. The van der Waals surface area contributed by atoms with Gasteiger partial charge < -0.3 is 5.32 Å². The molecule has 2 rings (SSSR count). The maximum atomic E-state index is 13.8. The first-order valence-corrected chi connectivity index (χ1v) is 7.68. The molecular weight excluding hydrogens is 332 g/mol.